The Balaban J connectivity index is 3.34. The molecule has 1 unspecified atom stereocenters. The van der Waals surface area contributed by atoms with Crippen LogP contribution in [0.25, 0.3) is 0 Å². The number of halogens is 2. The molecule has 1 N–H and O–H groups in total. The van der Waals surface area contributed by atoms with Gasteiger partial charge in [0, 0.05) is 23.2 Å². The van der Waals surface area contributed by atoms with Gasteiger partial charge in [-0.05, 0) is 13.3 Å². The summed E-state index contributed by atoms with van der Waals surface area (Å²) in [6.45, 7) is 5.07. The van der Waals surface area contributed by atoms with Crippen LogP contribution in [0, 0.1) is 0 Å². The molecule has 0 aromatic heterocycles. The van der Waals surface area contributed by atoms with E-state index >= 15 is 0 Å². The molecular weight excluding hydrogens is 205 g/mol. The summed E-state index contributed by atoms with van der Waals surface area (Å²) in [6, 6.07) is 0.525. The van der Waals surface area contributed by atoms with Crippen molar-refractivity contribution in [3.63, 3.8) is 0 Å². The van der Waals surface area contributed by atoms with E-state index in [2.05, 4.69) is 19.2 Å². The van der Waals surface area contributed by atoms with E-state index < -0.39 is 0 Å². The van der Waals surface area contributed by atoms with Crippen LogP contribution in [0.15, 0.2) is 10.6 Å². The third-order valence-corrected chi connectivity index (χ3v) is 2.60. The van der Waals surface area contributed by atoms with Crippen molar-refractivity contribution in [3.05, 3.63) is 10.6 Å². The van der Waals surface area contributed by atoms with Crippen molar-refractivity contribution in [2.24, 2.45) is 0 Å². The first-order valence-corrected chi connectivity index (χ1v) is 5.70. The number of unbranched alkanes of at least 4 members (excludes halogenated alkanes) is 2. The molecule has 0 bridgehead atoms. The Bertz CT molecular complexity index is 146. The summed E-state index contributed by atoms with van der Waals surface area (Å²) in [6.07, 6.45) is 5.08. The lowest BCUT2D eigenvalue weighted by Gasteiger charge is -2.12. The van der Waals surface area contributed by atoms with E-state index in [0.717, 1.165) is 0 Å². The minimum Gasteiger partial charge on any atom is -0.309 e. The van der Waals surface area contributed by atoms with Gasteiger partial charge in [-0.25, -0.2) is 0 Å². The highest BCUT2D eigenvalue weighted by Crippen LogP contribution is 2.05. The van der Waals surface area contributed by atoms with Crippen LogP contribution in [0.5, 0.6) is 0 Å². The molecule has 0 aliphatic rings. The molecule has 0 aromatic carbocycles. The van der Waals surface area contributed by atoms with Crippen LogP contribution >= 0.6 is 23.2 Å². The summed E-state index contributed by atoms with van der Waals surface area (Å²) in [5.74, 6) is 0. The molecule has 0 heterocycles. The Hall–Kier alpha value is 0.280. The first-order chi connectivity index (χ1) is 6.20. The van der Waals surface area contributed by atoms with Crippen LogP contribution in [0.2, 0.25) is 0 Å². The monoisotopic (exact) mass is 223 g/mol. The van der Waals surface area contributed by atoms with Crippen molar-refractivity contribution in [2.45, 2.75) is 45.6 Å². The molecule has 0 amide bonds. The Labute approximate surface area is 91.5 Å². The fraction of sp³-hybridized carbons (Fsp3) is 0.800. The molecule has 13 heavy (non-hydrogen) atoms. The molecule has 0 saturated carbocycles. The van der Waals surface area contributed by atoms with Gasteiger partial charge in [0.25, 0.3) is 0 Å². The topological polar surface area (TPSA) is 12.0 Å². The van der Waals surface area contributed by atoms with E-state index in [1.54, 1.807) is 0 Å². The zero-order chi connectivity index (χ0) is 10.1. The first-order valence-electron chi connectivity index (χ1n) is 4.88. The van der Waals surface area contributed by atoms with Gasteiger partial charge in [0.05, 0.1) is 0 Å². The zero-order valence-corrected chi connectivity index (χ0v) is 9.96. The van der Waals surface area contributed by atoms with Crippen molar-refractivity contribution in [1.82, 2.24) is 5.32 Å². The molecule has 0 radical (unpaired) electrons. The highest BCUT2D eigenvalue weighted by atomic mass is 35.5. The van der Waals surface area contributed by atoms with Gasteiger partial charge in [0.1, 0.15) is 0 Å². The highest BCUT2D eigenvalue weighted by Gasteiger charge is 2.00. The molecule has 78 valence electrons. The van der Waals surface area contributed by atoms with Crippen LogP contribution in [0.1, 0.15) is 39.5 Å². The summed E-state index contributed by atoms with van der Waals surface area (Å²) in [7, 11) is 0. The van der Waals surface area contributed by atoms with Crippen molar-refractivity contribution in [1.29, 1.82) is 0 Å². The van der Waals surface area contributed by atoms with Gasteiger partial charge < -0.3 is 5.32 Å². The van der Waals surface area contributed by atoms with Crippen LogP contribution < -0.4 is 5.32 Å². The molecule has 1 nitrogen and oxygen atoms in total. The average molecular weight is 224 g/mol. The molecule has 0 aliphatic carbocycles. The van der Waals surface area contributed by atoms with E-state index in [1.165, 1.54) is 31.2 Å². The lowest BCUT2D eigenvalue weighted by Crippen LogP contribution is -2.26. The Morgan fingerprint density at radius 1 is 1.46 bits per heavy atom. The molecule has 1 atom stereocenters. The molecule has 0 aromatic rings. The van der Waals surface area contributed by atoms with E-state index in [1.807, 2.05) is 0 Å². The maximum absolute atomic E-state index is 5.74. The lowest BCUT2D eigenvalue weighted by atomic mass is 10.1. The SMILES string of the molecule is CCCCCC(C)NCC(Cl)=CCl. The second-order valence-corrected chi connectivity index (χ2v) is 4.04. The predicted octanol–water partition coefficient (Wildman–Crippen LogP) is 3.86. The molecule has 0 aliphatic heterocycles. The van der Waals surface area contributed by atoms with Gasteiger partial charge in [0.15, 0.2) is 0 Å². The van der Waals surface area contributed by atoms with Gasteiger partial charge in [-0.3, -0.25) is 0 Å². The van der Waals surface area contributed by atoms with Gasteiger partial charge in [0.2, 0.25) is 0 Å². The third-order valence-electron chi connectivity index (χ3n) is 1.98. The normalized spacial score (nSPS) is 14.6. The summed E-state index contributed by atoms with van der Waals surface area (Å²) in [4.78, 5) is 0. The van der Waals surface area contributed by atoms with Gasteiger partial charge in [-0.15, -0.1) is 0 Å². The Kier molecular flexibility index (Phi) is 9.05. The van der Waals surface area contributed by atoms with Crippen molar-refractivity contribution in [2.75, 3.05) is 6.54 Å². The summed E-state index contributed by atoms with van der Waals surface area (Å²) >= 11 is 11.2. The minimum atomic E-state index is 0.525. The molecule has 0 fully saturated rings. The number of rotatable bonds is 7. The van der Waals surface area contributed by atoms with Crippen LogP contribution in [0.3, 0.4) is 0 Å². The largest absolute Gasteiger partial charge is 0.309 e. The molecular formula is C10H19Cl2N. The first kappa shape index (κ1) is 13.3. The van der Waals surface area contributed by atoms with Crippen LogP contribution in [-0.2, 0) is 0 Å². The smallest absolute Gasteiger partial charge is 0.0431 e. The fourth-order valence-corrected chi connectivity index (χ4v) is 1.27. The van der Waals surface area contributed by atoms with Crippen LogP contribution in [0.4, 0.5) is 0 Å². The molecule has 0 saturated heterocycles. The minimum absolute atomic E-state index is 0.525. The summed E-state index contributed by atoms with van der Waals surface area (Å²) in [5.41, 5.74) is 1.41. The van der Waals surface area contributed by atoms with Crippen molar-refractivity contribution < 1.29 is 0 Å². The second kappa shape index (κ2) is 8.86. The standard InChI is InChI=1S/C10H19Cl2N/c1-3-4-5-6-9(2)13-8-10(12)7-11/h7,9,13H,3-6,8H2,1-2H3. The highest BCUT2D eigenvalue weighted by molar-refractivity contribution is 6.36. The summed E-state index contributed by atoms with van der Waals surface area (Å²) in [5, 5.41) is 3.98. The van der Waals surface area contributed by atoms with Gasteiger partial charge in [-0.1, -0.05) is 49.4 Å². The molecule has 0 rings (SSSR count). The molecule has 0 spiro atoms. The number of hydrogen-bond acceptors (Lipinski definition) is 1. The van der Waals surface area contributed by atoms with Crippen molar-refractivity contribution >= 4 is 23.2 Å². The average Bonchev–Trinajstić information content (AvgIpc) is 2.14. The second-order valence-electron chi connectivity index (χ2n) is 3.33. The van der Waals surface area contributed by atoms with E-state index in [0.29, 0.717) is 17.6 Å². The van der Waals surface area contributed by atoms with Crippen molar-refractivity contribution in [3.8, 4) is 0 Å². The zero-order valence-electron chi connectivity index (χ0n) is 8.45. The Morgan fingerprint density at radius 2 is 2.15 bits per heavy atom. The fourth-order valence-electron chi connectivity index (χ4n) is 1.11. The maximum Gasteiger partial charge on any atom is 0.0431 e. The maximum atomic E-state index is 5.74. The van der Waals surface area contributed by atoms with E-state index in [9.17, 15) is 0 Å². The van der Waals surface area contributed by atoms with Gasteiger partial charge in [-0.2, -0.15) is 0 Å². The Morgan fingerprint density at radius 3 is 2.69 bits per heavy atom. The number of hydrogen-bond donors (Lipinski definition) is 1. The van der Waals surface area contributed by atoms with Crippen LogP contribution in [-0.4, -0.2) is 12.6 Å². The number of nitrogens with one attached hydrogen (secondary N) is 1. The predicted molar refractivity (Wildman–Crippen MR) is 61.4 cm³/mol. The van der Waals surface area contributed by atoms with E-state index in [4.69, 9.17) is 23.2 Å². The molecule has 3 heteroatoms. The van der Waals surface area contributed by atoms with E-state index in [-0.39, 0.29) is 0 Å². The summed E-state index contributed by atoms with van der Waals surface area (Å²) < 4.78 is 0. The lowest BCUT2D eigenvalue weighted by molar-refractivity contribution is 0.508. The van der Waals surface area contributed by atoms with Gasteiger partial charge >= 0.3 is 0 Å². The third kappa shape index (κ3) is 8.61. The quantitative estimate of drug-likeness (QED) is 0.647.